The Balaban J connectivity index is 3.50. The molecule has 4 heteroatoms. The lowest BCUT2D eigenvalue weighted by atomic mass is 10.0. The van der Waals surface area contributed by atoms with Crippen LogP contribution in [0.5, 0.6) is 0 Å². The van der Waals surface area contributed by atoms with Crippen molar-refractivity contribution in [3.8, 4) is 0 Å². The average molecular weight is 991 g/mol. The fourth-order valence-corrected chi connectivity index (χ4v) is 9.57. The molecule has 0 aromatic rings. The molecular formula is C67H123NO3. The Hall–Kier alpha value is -2.17. The molecule has 0 aromatic heterocycles. The Bertz CT molecular complexity index is 1210. The number of hydrogen-bond acceptors (Lipinski definition) is 3. The van der Waals surface area contributed by atoms with Gasteiger partial charge in [-0.1, -0.05) is 311 Å². The zero-order valence-corrected chi connectivity index (χ0v) is 47.7. The van der Waals surface area contributed by atoms with Crippen LogP contribution in [0.3, 0.4) is 0 Å². The fourth-order valence-electron chi connectivity index (χ4n) is 9.57. The summed E-state index contributed by atoms with van der Waals surface area (Å²) in [7, 11) is 0. The first-order chi connectivity index (χ1) is 35.2. The van der Waals surface area contributed by atoms with Crippen LogP contribution < -0.4 is 5.32 Å². The summed E-state index contributed by atoms with van der Waals surface area (Å²) in [4.78, 5) is 12.5. The van der Waals surface area contributed by atoms with E-state index in [-0.39, 0.29) is 12.5 Å². The maximum Gasteiger partial charge on any atom is 0.220 e. The van der Waals surface area contributed by atoms with Crippen molar-refractivity contribution in [2.45, 2.75) is 341 Å². The van der Waals surface area contributed by atoms with Crippen molar-refractivity contribution in [1.82, 2.24) is 5.32 Å². The highest BCUT2D eigenvalue weighted by Crippen LogP contribution is 2.17. The van der Waals surface area contributed by atoms with Crippen LogP contribution in [-0.4, -0.2) is 34.9 Å². The van der Waals surface area contributed by atoms with Crippen molar-refractivity contribution in [3.63, 3.8) is 0 Å². The second kappa shape index (κ2) is 62.1. The van der Waals surface area contributed by atoms with Gasteiger partial charge in [-0.05, 0) is 83.5 Å². The second-order valence-electron chi connectivity index (χ2n) is 21.5. The van der Waals surface area contributed by atoms with Crippen LogP contribution in [0, 0.1) is 0 Å². The van der Waals surface area contributed by atoms with Crippen molar-refractivity contribution in [2.75, 3.05) is 6.61 Å². The zero-order valence-electron chi connectivity index (χ0n) is 47.7. The molecule has 0 saturated carbocycles. The third-order valence-electron chi connectivity index (χ3n) is 14.4. The fraction of sp³-hybridized carbons (Fsp3) is 0.806. The minimum atomic E-state index is -0.873. The van der Waals surface area contributed by atoms with Crippen LogP contribution in [0.1, 0.15) is 328 Å². The van der Waals surface area contributed by atoms with Gasteiger partial charge in [0.25, 0.3) is 0 Å². The lowest BCUT2D eigenvalue weighted by Gasteiger charge is -2.19. The topological polar surface area (TPSA) is 69.6 Å². The van der Waals surface area contributed by atoms with Crippen molar-refractivity contribution >= 4 is 5.91 Å². The molecule has 0 fully saturated rings. The number of rotatable bonds is 58. The molecule has 0 radical (unpaired) electrons. The number of hydrogen-bond donors (Lipinski definition) is 3. The van der Waals surface area contributed by atoms with E-state index in [1.807, 2.05) is 6.08 Å². The number of allylic oxidation sites excluding steroid dienone is 11. The largest absolute Gasteiger partial charge is 0.394 e. The molecule has 2 atom stereocenters. The molecule has 3 N–H and O–H groups in total. The van der Waals surface area contributed by atoms with Crippen molar-refractivity contribution in [1.29, 1.82) is 0 Å². The van der Waals surface area contributed by atoms with Crippen LogP contribution in [0.25, 0.3) is 0 Å². The van der Waals surface area contributed by atoms with Gasteiger partial charge in [-0.2, -0.15) is 0 Å². The van der Waals surface area contributed by atoms with Crippen molar-refractivity contribution in [2.24, 2.45) is 0 Å². The van der Waals surface area contributed by atoms with E-state index in [0.717, 1.165) is 51.4 Å². The second-order valence-corrected chi connectivity index (χ2v) is 21.5. The quantitative estimate of drug-likeness (QED) is 0.0420. The Morgan fingerprint density at radius 2 is 0.592 bits per heavy atom. The van der Waals surface area contributed by atoms with Crippen LogP contribution in [0.4, 0.5) is 0 Å². The zero-order chi connectivity index (χ0) is 51.3. The summed E-state index contributed by atoms with van der Waals surface area (Å²) >= 11 is 0. The highest BCUT2D eigenvalue weighted by Gasteiger charge is 2.18. The SMILES string of the molecule is CCCCCCC/C=C\C/C=C\C/C=C\CCCCCCCCCCCCCCCCCCCCCCC(=O)NC(CO)C(O)/C=C/CC/C=C/CC/C=C/CCCCCCCCCCCCCCCC. The normalized spacial score (nSPS) is 13.2. The van der Waals surface area contributed by atoms with Crippen molar-refractivity contribution < 1.29 is 15.0 Å². The number of carbonyl (C=O) groups excluding carboxylic acids is 1. The maximum absolute atomic E-state index is 12.5. The number of nitrogens with one attached hydrogen (secondary N) is 1. The van der Waals surface area contributed by atoms with Gasteiger partial charge < -0.3 is 15.5 Å². The molecule has 414 valence electrons. The summed E-state index contributed by atoms with van der Waals surface area (Å²) in [6.45, 7) is 4.31. The van der Waals surface area contributed by atoms with Gasteiger partial charge in [0.1, 0.15) is 0 Å². The van der Waals surface area contributed by atoms with Gasteiger partial charge in [-0.25, -0.2) is 0 Å². The Kier molecular flexibility index (Phi) is 60.2. The van der Waals surface area contributed by atoms with Gasteiger partial charge in [0, 0.05) is 6.42 Å². The minimum absolute atomic E-state index is 0.0743. The molecule has 0 aliphatic carbocycles. The molecule has 1 amide bonds. The molecule has 0 aromatic carbocycles. The van der Waals surface area contributed by atoms with Crippen LogP contribution in [-0.2, 0) is 4.79 Å². The molecule has 0 aliphatic heterocycles. The number of amides is 1. The summed E-state index contributed by atoms with van der Waals surface area (Å²) in [6.07, 6.45) is 89.6. The smallest absolute Gasteiger partial charge is 0.220 e. The Labute approximate surface area is 444 Å². The van der Waals surface area contributed by atoms with Gasteiger partial charge in [-0.15, -0.1) is 0 Å². The first-order valence-electron chi connectivity index (χ1n) is 31.7. The van der Waals surface area contributed by atoms with E-state index in [2.05, 4.69) is 79.9 Å². The number of aliphatic hydroxyl groups excluding tert-OH is 2. The van der Waals surface area contributed by atoms with E-state index in [4.69, 9.17) is 0 Å². The van der Waals surface area contributed by atoms with E-state index in [0.29, 0.717) is 6.42 Å². The summed E-state index contributed by atoms with van der Waals surface area (Å²) < 4.78 is 0. The highest BCUT2D eigenvalue weighted by atomic mass is 16.3. The summed E-state index contributed by atoms with van der Waals surface area (Å²) in [5, 5.41) is 23.2. The van der Waals surface area contributed by atoms with Crippen LogP contribution >= 0.6 is 0 Å². The third kappa shape index (κ3) is 58.6. The number of aliphatic hydroxyl groups is 2. The Morgan fingerprint density at radius 3 is 0.915 bits per heavy atom. The monoisotopic (exact) mass is 990 g/mol. The average Bonchev–Trinajstić information content (AvgIpc) is 3.37. The molecule has 0 saturated heterocycles. The van der Waals surface area contributed by atoms with Crippen LogP contribution in [0.2, 0.25) is 0 Å². The van der Waals surface area contributed by atoms with E-state index in [1.54, 1.807) is 6.08 Å². The molecule has 0 rings (SSSR count). The van der Waals surface area contributed by atoms with Gasteiger partial charge >= 0.3 is 0 Å². The van der Waals surface area contributed by atoms with Crippen molar-refractivity contribution in [3.05, 3.63) is 72.9 Å². The molecule has 4 nitrogen and oxygen atoms in total. The molecule has 0 heterocycles. The van der Waals surface area contributed by atoms with Gasteiger partial charge in [0.2, 0.25) is 5.91 Å². The molecular weight excluding hydrogens is 867 g/mol. The molecule has 0 bridgehead atoms. The molecule has 0 spiro atoms. The molecule has 71 heavy (non-hydrogen) atoms. The van der Waals surface area contributed by atoms with E-state index in [9.17, 15) is 15.0 Å². The summed E-state index contributed by atoms with van der Waals surface area (Å²) in [5.41, 5.74) is 0. The first kappa shape index (κ1) is 68.8. The molecule has 0 aliphatic rings. The maximum atomic E-state index is 12.5. The lowest BCUT2D eigenvalue weighted by Crippen LogP contribution is -2.45. The minimum Gasteiger partial charge on any atom is -0.394 e. The van der Waals surface area contributed by atoms with Gasteiger partial charge in [0.15, 0.2) is 0 Å². The number of carbonyl (C=O) groups is 1. The van der Waals surface area contributed by atoms with Gasteiger partial charge in [-0.3, -0.25) is 4.79 Å². The first-order valence-corrected chi connectivity index (χ1v) is 31.7. The molecule has 2 unspecified atom stereocenters. The van der Waals surface area contributed by atoms with Gasteiger partial charge in [0.05, 0.1) is 18.8 Å². The third-order valence-corrected chi connectivity index (χ3v) is 14.4. The lowest BCUT2D eigenvalue weighted by molar-refractivity contribution is -0.123. The predicted octanol–water partition coefficient (Wildman–Crippen LogP) is 21.3. The Morgan fingerprint density at radius 1 is 0.338 bits per heavy atom. The highest BCUT2D eigenvalue weighted by molar-refractivity contribution is 5.76. The summed E-state index contributed by atoms with van der Waals surface area (Å²) in [6, 6.07) is -0.648. The summed E-state index contributed by atoms with van der Waals surface area (Å²) in [5.74, 6) is -0.0743. The van der Waals surface area contributed by atoms with E-state index in [1.165, 1.54) is 257 Å². The standard InChI is InChI=1S/C67H123NO3/c1-3-5-7-9-11-13-15-17-19-21-23-25-27-29-30-31-32-33-34-35-36-37-38-39-41-43-45-47-49-51-53-55-57-59-61-63-67(71)68-65(64-69)66(70)62-60-58-56-54-52-50-48-46-44-42-40-28-26-24-22-20-18-16-14-12-10-8-6-4-2/h15,17,21,23,27,29,44,46,52,54,60,62,65-66,69-70H,3-14,16,18-20,22,24-26,28,30-43,45,47-51,53,55-59,61,63-64H2,1-2H3,(H,68,71)/b17-15-,23-21-,29-27-,46-44+,54-52+,62-60+. The number of unbranched alkanes of at least 4 members (excludes halogenated alkanes) is 41. The van der Waals surface area contributed by atoms with Crippen LogP contribution in [0.15, 0.2) is 72.9 Å². The predicted molar refractivity (Wildman–Crippen MR) is 317 cm³/mol. The van der Waals surface area contributed by atoms with E-state index < -0.39 is 12.1 Å². The van der Waals surface area contributed by atoms with E-state index >= 15 is 0 Å².